The molecule has 0 aliphatic rings. The second-order valence-electron chi connectivity index (χ2n) is 2.67. The van der Waals surface area contributed by atoms with Gasteiger partial charge < -0.3 is 5.32 Å². The highest BCUT2D eigenvalue weighted by molar-refractivity contribution is 7.13. The summed E-state index contributed by atoms with van der Waals surface area (Å²) in [6.45, 7) is 2.88. The highest BCUT2D eigenvalue weighted by Gasteiger charge is 2.02. The average molecular weight is 206 g/mol. The SMILES string of the molecule is CCNc1ccc(-c2nccs2)nn1. The van der Waals surface area contributed by atoms with Crippen molar-refractivity contribution >= 4 is 17.2 Å². The molecule has 0 unspecified atom stereocenters. The zero-order valence-corrected chi connectivity index (χ0v) is 8.58. The Balaban J connectivity index is 2.22. The van der Waals surface area contributed by atoms with Crippen LogP contribution in [0, 0.1) is 0 Å². The quantitative estimate of drug-likeness (QED) is 0.834. The number of nitrogens with one attached hydrogen (secondary N) is 1. The number of anilines is 1. The maximum absolute atomic E-state index is 4.16. The summed E-state index contributed by atoms with van der Waals surface area (Å²) in [7, 11) is 0. The highest BCUT2D eigenvalue weighted by atomic mass is 32.1. The first-order valence-electron chi connectivity index (χ1n) is 4.37. The van der Waals surface area contributed by atoms with Crippen molar-refractivity contribution in [1.29, 1.82) is 0 Å². The number of aromatic nitrogens is 3. The van der Waals surface area contributed by atoms with E-state index in [0.717, 1.165) is 23.1 Å². The molecule has 14 heavy (non-hydrogen) atoms. The van der Waals surface area contributed by atoms with Crippen molar-refractivity contribution in [3.8, 4) is 10.7 Å². The summed E-state index contributed by atoms with van der Waals surface area (Å²) < 4.78 is 0. The van der Waals surface area contributed by atoms with Crippen LogP contribution in [0.15, 0.2) is 23.7 Å². The van der Waals surface area contributed by atoms with Gasteiger partial charge in [0.25, 0.3) is 0 Å². The van der Waals surface area contributed by atoms with Gasteiger partial charge in [-0.15, -0.1) is 21.5 Å². The molecule has 0 spiro atoms. The molecule has 0 aliphatic carbocycles. The maximum atomic E-state index is 4.16. The molecule has 2 heterocycles. The molecule has 2 aromatic heterocycles. The molecule has 4 nitrogen and oxygen atoms in total. The normalized spacial score (nSPS) is 10.1. The molecular weight excluding hydrogens is 196 g/mol. The van der Waals surface area contributed by atoms with E-state index in [0.29, 0.717) is 0 Å². The summed E-state index contributed by atoms with van der Waals surface area (Å²) >= 11 is 1.56. The van der Waals surface area contributed by atoms with Crippen LogP contribution in [0.2, 0.25) is 0 Å². The first-order valence-corrected chi connectivity index (χ1v) is 5.25. The highest BCUT2D eigenvalue weighted by Crippen LogP contribution is 2.18. The van der Waals surface area contributed by atoms with Gasteiger partial charge in [0.15, 0.2) is 0 Å². The standard InChI is InChI=1S/C9H10N4S/c1-2-10-8-4-3-7(12-13-8)9-11-5-6-14-9/h3-6H,2H2,1H3,(H,10,13). The molecule has 2 rings (SSSR count). The van der Waals surface area contributed by atoms with Crippen LogP contribution >= 0.6 is 11.3 Å². The molecule has 0 bridgehead atoms. The molecule has 0 aromatic carbocycles. The van der Waals surface area contributed by atoms with Gasteiger partial charge in [-0.3, -0.25) is 0 Å². The smallest absolute Gasteiger partial charge is 0.148 e. The van der Waals surface area contributed by atoms with Gasteiger partial charge in [-0.2, -0.15) is 0 Å². The van der Waals surface area contributed by atoms with E-state index in [1.54, 1.807) is 17.5 Å². The van der Waals surface area contributed by atoms with Crippen molar-refractivity contribution in [2.24, 2.45) is 0 Å². The second kappa shape index (κ2) is 4.15. The van der Waals surface area contributed by atoms with Crippen LogP contribution in [-0.4, -0.2) is 21.7 Å². The summed E-state index contributed by atoms with van der Waals surface area (Å²) in [5.74, 6) is 0.799. The van der Waals surface area contributed by atoms with Crippen LogP contribution < -0.4 is 5.32 Å². The average Bonchev–Trinajstić information content (AvgIpc) is 2.72. The van der Waals surface area contributed by atoms with E-state index in [9.17, 15) is 0 Å². The fourth-order valence-corrected chi connectivity index (χ4v) is 1.67. The van der Waals surface area contributed by atoms with Crippen LogP contribution in [0.4, 0.5) is 5.82 Å². The van der Waals surface area contributed by atoms with E-state index < -0.39 is 0 Å². The molecule has 2 aromatic rings. The van der Waals surface area contributed by atoms with Gasteiger partial charge in [-0.1, -0.05) is 0 Å². The van der Waals surface area contributed by atoms with Crippen LogP contribution in [0.5, 0.6) is 0 Å². The molecule has 0 saturated carbocycles. The Kier molecular flexibility index (Phi) is 2.69. The van der Waals surface area contributed by atoms with Crippen molar-refractivity contribution in [1.82, 2.24) is 15.2 Å². The van der Waals surface area contributed by atoms with Crippen molar-refractivity contribution < 1.29 is 0 Å². The first kappa shape index (κ1) is 9.08. The van der Waals surface area contributed by atoms with Gasteiger partial charge in [0, 0.05) is 18.1 Å². The van der Waals surface area contributed by atoms with Crippen LogP contribution in [-0.2, 0) is 0 Å². The third-order valence-corrected chi connectivity index (χ3v) is 2.47. The summed E-state index contributed by atoms with van der Waals surface area (Å²) in [6, 6.07) is 3.83. The number of hydrogen-bond acceptors (Lipinski definition) is 5. The van der Waals surface area contributed by atoms with Gasteiger partial charge in [0.1, 0.15) is 16.5 Å². The van der Waals surface area contributed by atoms with Gasteiger partial charge in [0.05, 0.1) is 0 Å². The molecule has 0 radical (unpaired) electrons. The fraction of sp³-hybridized carbons (Fsp3) is 0.222. The third kappa shape index (κ3) is 1.88. The minimum absolute atomic E-state index is 0.799. The molecule has 72 valence electrons. The Morgan fingerprint density at radius 1 is 1.36 bits per heavy atom. The minimum Gasteiger partial charge on any atom is -0.369 e. The summed E-state index contributed by atoms with van der Waals surface area (Å²) in [5, 5.41) is 14.0. The molecule has 0 aliphatic heterocycles. The Bertz CT molecular complexity index is 382. The number of rotatable bonds is 3. The van der Waals surface area contributed by atoms with E-state index >= 15 is 0 Å². The molecule has 5 heteroatoms. The summed E-state index contributed by atoms with van der Waals surface area (Å²) in [6.07, 6.45) is 1.76. The Hall–Kier alpha value is -1.49. The first-order chi connectivity index (χ1) is 6.90. The minimum atomic E-state index is 0.799. The van der Waals surface area contributed by atoms with Gasteiger partial charge in [0.2, 0.25) is 0 Å². The lowest BCUT2D eigenvalue weighted by Gasteiger charge is -2.00. The fourth-order valence-electron chi connectivity index (χ4n) is 1.07. The zero-order chi connectivity index (χ0) is 9.80. The predicted octanol–water partition coefficient (Wildman–Crippen LogP) is 2.03. The lowest BCUT2D eigenvalue weighted by Crippen LogP contribution is -2.00. The number of hydrogen-bond donors (Lipinski definition) is 1. The molecular formula is C9H10N4S. The molecule has 0 atom stereocenters. The van der Waals surface area contributed by atoms with Gasteiger partial charge in [-0.25, -0.2) is 4.98 Å². The molecule has 1 N–H and O–H groups in total. The van der Waals surface area contributed by atoms with Gasteiger partial charge >= 0.3 is 0 Å². The van der Waals surface area contributed by atoms with Crippen molar-refractivity contribution in [2.75, 3.05) is 11.9 Å². The predicted molar refractivity (Wildman–Crippen MR) is 57.3 cm³/mol. The van der Waals surface area contributed by atoms with Crippen molar-refractivity contribution in [2.45, 2.75) is 6.92 Å². The van der Waals surface area contributed by atoms with E-state index in [1.165, 1.54) is 0 Å². The number of thiazole rings is 1. The number of nitrogens with zero attached hydrogens (tertiary/aromatic N) is 3. The van der Waals surface area contributed by atoms with E-state index in [4.69, 9.17) is 0 Å². The molecule has 0 fully saturated rings. The van der Waals surface area contributed by atoms with Crippen molar-refractivity contribution in [3.63, 3.8) is 0 Å². The lowest BCUT2D eigenvalue weighted by atomic mass is 10.4. The summed E-state index contributed by atoms with van der Waals surface area (Å²) in [5.41, 5.74) is 0.821. The Morgan fingerprint density at radius 2 is 2.29 bits per heavy atom. The largest absolute Gasteiger partial charge is 0.369 e. The van der Waals surface area contributed by atoms with Crippen LogP contribution in [0.3, 0.4) is 0 Å². The summed E-state index contributed by atoms with van der Waals surface area (Å²) in [4.78, 5) is 4.16. The topological polar surface area (TPSA) is 50.7 Å². The van der Waals surface area contributed by atoms with Gasteiger partial charge in [-0.05, 0) is 19.1 Å². The van der Waals surface area contributed by atoms with Crippen LogP contribution in [0.25, 0.3) is 10.7 Å². The van der Waals surface area contributed by atoms with Crippen molar-refractivity contribution in [3.05, 3.63) is 23.7 Å². The van der Waals surface area contributed by atoms with Crippen LogP contribution in [0.1, 0.15) is 6.92 Å². The third-order valence-electron chi connectivity index (χ3n) is 1.67. The van der Waals surface area contributed by atoms with E-state index in [2.05, 4.69) is 20.5 Å². The molecule has 0 amide bonds. The maximum Gasteiger partial charge on any atom is 0.148 e. The zero-order valence-electron chi connectivity index (χ0n) is 7.77. The monoisotopic (exact) mass is 206 g/mol. The lowest BCUT2D eigenvalue weighted by molar-refractivity contribution is 1.02. The van der Waals surface area contributed by atoms with E-state index in [-0.39, 0.29) is 0 Å². The van der Waals surface area contributed by atoms with E-state index in [1.807, 2.05) is 24.4 Å². The molecule has 0 saturated heterocycles. The second-order valence-corrected chi connectivity index (χ2v) is 3.57. The Labute approximate surface area is 86.0 Å². The Morgan fingerprint density at radius 3 is 2.86 bits per heavy atom.